The van der Waals surface area contributed by atoms with E-state index in [2.05, 4.69) is 11.6 Å². The summed E-state index contributed by atoms with van der Waals surface area (Å²) >= 11 is 0. The predicted molar refractivity (Wildman–Crippen MR) is 92.1 cm³/mol. The number of benzene rings is 1. The molecule has 2 aromatic rings. The summed E-state index contributed by atoms with van der Waals surface area (Å²) in [5.41, 5.74) is 2.13. The second-order valence-corrected chi connectivity index (χ2v) is 7.70. The molecule has 1 aliphatic heterocycles. The van der Waals surface area contributed by atoms with E-state index < -0.39 is 10.0 Å². The van der Waals surface area contributed by atoms with Crippen molar-refractivity contribution in [2.45, 2.75) is 24.3 Å². The molecule has 0 amide bonds. The minimum atomic E-state index is -3.50. The van der Waals surface area contributed by atoms with Crippen molar-refractivity contribution >= 4 is 10.0 Å². The van der Waals surface area contributed by atoms with Gasteiger partial charge in [0.2, 0.25) is 15.9 Å². The zero-order valence-electron chi connectivity index (χ0n) is 13.4. The van der Waals surface area contributed by atoms with E-state index in [4.69, 9.17) is 4.74 Å². The predicted octanol–water partition coefficient (Wildman–Crippen LogP) is 3.00. The van der Waals surface area contributed by atoms with E-state index in [0.29, 0.717) is 38.4 Å². The van der Waals surface area contributed by atoms with Gasteiger partial charge in [-0.2, -0.15) is 4.31 Å². The fourth-order valence-corrected chi connectivity index (χ4v) is 3.92. The minimum Gasteiger partial charge on any atom is -0.473 e. The third-order valence-electron chi connectivity index (χ3n) is 4.01. The molecule has 24 heavy (non-hydrogen) atoms. The van der Waals surface area contributed by atoms with E-state index in [9.17, 15) is 8.42 Å². The largest absolute Gasteiger partial charge is 0.473 e. The van der Waals surface area contributed by atoms with Gasteiger partial charge in [-0.25, -0.2) is 13.4 Å². The SMILES string of the molecule is C=C1CCN(S(=O)(=O)c2ccc(OCc3ccccc3)nc2)CC1. The average Bonchev–Trinajstić information content (AvgIpc) is 2.61. The second-order valence-electron chi connectivity index (χ2n) is 5.76. The van der Waals surface area contributed by atoms with Crippen molar-refractivity contribution in [1.29, 1.82) is 0 Å². The van der Waals surface area contributed by atoms with Crippen LogP contribution in [0.15, 0.2) is 65.7 Å². The molecule has 0 aliphatic carbocycles. The standard InChI is InChI=1S/C18H20N2O3S/c1-15-9-11-20(12-10-15)24(21,22)17-7-8-18(19-13-17)23-14-16-5-3-2-4-6-16/h2-8,13H,1,9-12,14H2. The highest BCUT2D eigenvalue weighted by Gasteiger charge is 2.27. The number of nitrogens with zero attached hydrogens (tertiary/aromatic N) is 2. The molecule has 0 N–H and O–H groups in total. The summed E-state index contributed by atoms with van der Waals surface area (Å²) in [6.45, 7) is 5.27. The van der Waals surface area contributed by atoms with E-state index in [1.807, 2.05) is 30.3 Å². The first-order valence-corrected chi connectivity index (χ1v) is 9.29. The summed E-state index contributed by atoms with van der Waals surface area (Å²) in [6, 6.07) is 12.9. The van der Waals surface area contributed by atoms with Gasteiger partial charge in [-0.1, -0.05) is 42.5 Å². The molecule has 6 heteroatoms. The fraction of sp³-hybridized carbons (Fsp3) is 0.278. The van der Waals surface area contributed by atoms with E-state index in [0.717, 1.165) is 11.1 Å². The first kappa shape index (κ1) is 16.7. The maximum absolute atomic E-state index is 12.6. The lowest BCUT2D eigenvalue weighted by molar-refractivity contribution is 0.293. The Labute approximate surface area is 142 Å². The van der Waals surface area contributed by atoms with Crippen molar-refractivity contribution in [2.24, 2.45) is 0 Å². The Kier molecular flexibility index (Phi) is 4.97. The summed E-state index contributed by atoms with van der Waals surface area (Å²) < 4.78 is 32.3. The Bertz CT molecular complexity index is 792. The molecule has 2 heterocycles. The molecule has 0 atom stereocenters. The normalized spacial score (nSPS) is 16.1. The van der Waals surface area contributed by atoms with Crippen LogP contribution in [0.5, 0.6) is 5.88 Å². The summed E-state index contributed by atoms with van der Waals surface area (Å²) in [6.07, 6.45) is 2.79. The molecule has 1 saturated heterocycles. The molecule has 0 bridgehead atoms. The van der Waals surface area contributed by atoms with Gasteiger partial charge in [0.1, 0.15) is 11.5 Å². The number of aromatic nitrogens is 1. The highest BCUT2D eigenvalue weighted by Crippen LogP contribution is 2.23. The van der Waals surface area contributed by atoms with E-state index in [-0.39, 0.29) is 4.90 Å². The van der Waals surface area contributed by atoms with E-state index in [1.165, 1.54) is 10.5 Å². The topological polar surface area (TPSA) is 59.5 Å². The third-order valence-corrected chi connectivity index (χ3v) is 5.89. The number of sulfonamides is 1. The summed E-state index contributed by atoms with van der Waals surface area (Å²) in [5, 5.41) is 0. The zero-order chi connectivity index (χ0) is 17.0. The van der Waals surface area contributed by atoms with Crippen molar-refractivity contribution in [3.63, 3.8) is 0 Å². The fourth-order valence-electron chi connectivity index (χ4n) is 2.53. The van der Waals surface area contributed by atoms with Gasteiger partial charge in [-0.15, -0.1) is 0 Å². The highest BCUT2D eigenvalue weighted by molar-refractivity contribution is 7.89. The number of piperidine rings is 1. The van der Waals surface area contributed by atoms with Crippen LogP contribution in [0.1, 0.15) is 18.4 Å². The van der Waals surface area contributed by atoms with Gasteiger partial charge in [0.15, 0.2) is 0 Å². The van der Waals surface area contributed by atoms with Gasteiger partial charge >= 0.3 is 0 Å². The van der Waals surface area contributed by atoms with Crippen LogP contribution < -0.4 is 4.74 Å². The van der Waals surface area contributed by atoms with Crippen LogP contribution in [0.2, 0.25) is 0 Å². The summed E-state index contributed by atoms with van der Waals surface area (Å²) in [7, 11) is -3.50. The van der Waals surface area contributed by atoms with Gasteiger partial charge in [-0.05, 0) is 24.5 Å². The first-order valence-electron chi connectivity index (χ1n) is 7.85. The van der Waals surface area contributed by atoms with Crippen LogP contribution >= 0.6 is 0 Å². The van der Waals surface area contributed by atoms with Gasteiger partial charge in [0.25, 0.3) is 0 Å². The molecular weight excluding hydrogens is 324 g/mol. The third kappa shape index (κ3) is 3.83. The molecular formula is C18H20N2O3S. The average molecular weight is 344 g/mol. The number of pyridine rings is 1. The van der Waals surface area contributed by atoms with Crippen molar-refractivity contribution in [3.8, 4) is 5.88 Å². The Hall–Kier alpha value is -2.18. The van der Waals surface area contributed by atoms with Crippen LogP contribution in [0.4, 0.5) is 0 Å². The maximum atomic E-state index is 12.6. The number of ether oxygens (including phenoxy) is 1. The molecule has 0 radical (unpaired) electrons. The number of hydrogen-bond acceptors (Lipinski definition) is 4. The molecule has 1 aromatic carbocycles. The molecule has 0 unspecified atom stereocenters. The van der Waals surface area contributed by atoms with Crippen LogP contribution in [-0.2, 0) is 16.6 Å². The van der Waals surface area contributed by atoms with E-state index >= 15 is 0 Å². The quantitative estimate of drug-likeness (QED) is 0.783. The number of hydrogen-bond donors (Lipinski definition) is 0. The lowest BCUT2D eigenvalue weighted by atomic mass is 10.1. The van der Waals surface area contributed by atoms with Crippen molar-refractivity contribution in [2.75, 3.05) is 13.1 Å². The Balaban J connectivity index is 1.66. The van der Waals surface area contributed by atoms with Gasteiger partial charge in [0, 0.05) is 19.2 Å². The first-order chi connectivity index (χ1) is 11.6. The smallest absolute Gasteiger partial charge is 0.244 e. The van der Waals surface area contributed by atoms with Gasteiger partial charge in [0.05, 0.1) is 6.20 Å². The molecule has 126 valence electrons. The van der Waals surface area contributed by atoms with E-state index in [1.54, 1.807) is 12.1 Å². The molecule has 1 aliphatic rings. The summed E-state index contributed by atoms with van der Waals surface area (Å²) in [5.74, 6) is 0.407. The Morgan fingerprint density at radius 1 is 1.08 bits per heavy atom. The van der Waals surface area contributed by atoms with Gasteiger partial charge in [-0.3, -0.25) is 0 Å². The molecule has 0 saturated carbocycles. The van der Waals surface area contributed by atoms with Crippen molar-refractivity contribution in [1.82, 2.24) is 9.29 Å². The molecule has 5 nitrogen and oxygen atoms in total. The molecule has 1 fully saturated rings. The maximum Gasteiger partial charge on any atom is 0.244 e. The zero-order valence-corrected chi connectivity index (χ0v) is 14.2. The highest BCUT2D eigenvalue weighted by atomic mass is 32.2. The Morgan fingerprint density at radius 2 is 1.79 bits per heavy atom. The number of rotatable bonds is 5. The summed E-state index contributed by atoms with van der Waals surface area (Å²) in [4.78, 5) is 4.32. The lowest BCUT2D eigenvalue weighted by Crippen LogP contribution is -2.36. The van der Waals surface area contributed by atoms with Gasteiger partial charge < -0.3 is 4.74 Å². The second kappa shape index (κ2) is 7.15. The van der Waals surface area contributed by atoms with Crippen LogP contribution in [0.3, 0.4) is 0 Å². The molecule has 3 rings (SSSR count). The molecule has 1 aromatic heterocycles. The van der Waals surface area contributed by atoms with Crippen molar-refractivity contribution < 1.29 is 13.2 Å². The van der Waals surface area contributed by atoms with Crippen LogP contribution in [0, 0.1) is 0 Å². The Morgan fingerprint density at radius 3 is 2.42 bits per heavy atom. The van der Waals surface area contributed by atoms with Crippen LogP contribution in [0.25, 0.3) is 0 Å². The van der Waals surface area contributed by atoms with Crippen molar-refractivity contribution in [3.05, 3.63) is 66.4 Å². The monoisotopic (exact) mass is 344 g/mol. The van der Waals surface area contributed by atoms with Crippen LogP contribution in [-0.4, -0.2) is 30.8 Å². The lowest BCUT2D eigenvalue weighted by Gasteiger charge is -2.27. The minimum absolute atomic E-state index is 0.196. The molecule has 0 spiro atoms.